The van der Waals surface area contributed by atoms with Crippen LogP contribution < -0.4 is 25.6 Å². The highest BCUT2D eigenvalue weighted by Gasteiger charge is 2.11. The van der Waals surface area contributed by atoms with Crippen LogP contribution in [0.4, 0.5) is 5.69 Å². The maximum absolute atomic E-state index is 12.3. The molecule has 0 heterocycles. The van der Waals surface area contributed by atoms with Gasteiger partial charge in [0, 0.05) is 11.3 Å². The summed E-state index contributed by atoms with van der Waals surface area (Å²) in [6.45, 7) is 6.38. The number of carbonyl (C=O) groups is 1. The van der Waals surface area contributed by atoms with E-state index in [0.29, 0.717) is 28.8 Å². The molecule has 0 saturated heterocycles. The number of hydrogen-bond donors (Lipinski definition) is 3. The molecule has 0 radical (unpaired) electrons. The zero-order chi connectivity index (χ0) is 19.1. The van der Waals surface area contributed by atoms with E-state index in [9.17, 15) is 4.79 Å². The predicted molar refractivity (Wildman–Crippen MR) is 107 cm³/mol. The first-order chi connectivity index (χ1) is 12.4. The number of nitrogens with one attached hydrogen (secondary N) is 3. The van der Waals surface area contributed by atoms with E-state index >= 15 is 0 Å². The van der Waals surface area contributed by atoms with Gasteiger partial charge in [-0.15, -0.1) is 0 Å². The van der Waals surface area contributed by atoms with Crippen LogP contribution in [0.25, 0.3) is 0 Å². The number of thiocarbonyl (C=S) groups is 1. The highest BCUT2D eigenvalue weighted by molar-refractivity contribution is 7.80. The molecular weight excluding hydrogens is 350 g/mol. The summed E-state index contributed by atoms with van der Waals surface area (Å²) in [6.07, 6.45) is 0. The molecule has 2 aromatic rings. The van der Waals surface area contributed by atoms with Gasteiger partial charge < -0.3 is 14.8 Å². The third-order valence-electron chi connectivity index (χ3n) is 3.66. The number of ether oxygens (including phenoxy) is 2. The largest absolute Gasteiger partial charge is 0.493 e. The van der Waals surface area contributed by atoms with Crippen LogP contribution in [-0.2, 0) is 0 Å². The number of benzene rings is 2. The first kappa shape index (κ1) is 19.5. The summed E-state index contributed by atoms with van der Waals surface area (Å²) in [4.78, 5) is 12.3. The Hall–Kier alpha value is -2.80. The summed E-state index contributed by atoms with van der Waals surface area (Å²) >= 11 is 5.23. The average molecular weight is 373 g/mol. The third-order valence-corrected chi connectivity index (χ3v) is 3.86. The molecule has 1 amide bonds. The molecule has 0 aromatic heterocycles. The number of aryl methyl sites for hydroxylation is 2. The molecule has 0 spiro atoms. The van der Waals surface area contributed by atoms with Crippen LogP contribution in [0.2, 0.25) is 0 Å². The second kappa shape index (κ2) is 9.05. The van der Waals surface area contributed by atoms with E-state index in [1.54, 1.807) is 18.2 Å². The number of hydrogen-bond acceptors (Lipinski definition) is 4. The molecule has 3 N–H and O–H groups in total. The maximum Gasteiger partial charge on any atom is 0.269 e. The van der Waals surface area contributed by atoms with Gasteiger partial charge in [-0.3, -0.25) is 15.6 Å². The van der Waals surface area contributed by atoms with Gasteiger partial charge in [0.25, 0.3) is 5.91 Å². The molecule has 0 aliphatic rings. The molecule has 0 aliphatic heterocycles. The normalized spacial score (nSPS) is 10.0. The summed E-state index contributed by atoms with van der Waals surface area (Å²) < 4.78 is 10.7. The van der Waals surface area contributed by atoms with Crippen LogP contribution in [0.1, 0.15) is 28.4 Å². The van der Waals surface area contributed by atoms with Crippen LogP contribution in [0.3, 0.4) is 0 Å². The number of rotatable bonds is 5. The summed E-state index contributed by atoms with van der Waals surface area (Å²) in [6, 6.07) is 11.0. The molecule has 0 atom stereocenters. The van der Waals surface area contributed by atoms with Gasteiger partial charge in [0.2, 0.25) is 0 Å². The van der Waals surface area contributed by atoms with Crippen molar-refractivity contribution in [3.05, 3.63) is 53.1 Å². The Morgan fingerprint density at radius 3 is 2.54 bits per heavy atom. The van der Waals surface area contributed by atoms with Gasteiger partial charge in [0.1, 0.15) is 0 Å². The fourth-order valence-electron chi connectivity index (χ4n) is 2.29. The van der Waals surface area contributed by atoms with Crippen molar-refractivity contribution in [1.82, 2.24) is 10.9 Å². The third kappa shape index (κ3) is 5.10. The number of carbonyl (C=O) groups excluding carboxylic acids is 1. The Kier molecular flexibility index (Phi) is 6.80. The summed E-state index contributed by atoms with van der Waals surface area (Å²) in [5.41, 5.74) is 8.76. The van der Waals surface area contributed by atoms with Crippen LogP contribution in [0, 0.1) is 13.8 Å². The maximum atomic E-state index is 12.3. The molecule has 0 unspecified atom stereocenters. The molecule has 138 valence electrons. The molecule has 6 nitrogen and oxygen atoms in total. The molecular formula is C19H23N3O3S. The first-order valence-corrected chi connectivity index (χ1v) is 8.60. The minimum absolute atomic E-state index is 0.296. The molecule has 2 rings (SSSR count). The Bertz CT molecular complexity index is 809. The van der Waals surface area contributed by atoms with E-state index in [0.717, 1.165) is 16.8 Å². The summed E-state index contributed by atoms with van der Waals surface area (Å²) in [7, 11) is 1.53. The van der Waals surface area contributed by atoms with Crippen molar-refractivity contribution in [3.8, 4) is 11.5 Å². The van der Waals surface area contributed by atoms with E-state index in [4.69, 9.17) is 21.7 Å². The topological polar surface area (TPSA) is 71.6 Å². The standard InChI is InChI=1S/C19H23N3O3S/c1-5-25-16-9-8-14(11-17(16)24-4)18(23)21-22-19(26)20-15-10-12(2)6-7-13(15)3/h6-11H,5H2,1-4H3,(H,21,23)(H2,20,22,26). The fraction of sp³-hybridized carbons (Fsp3) is 0.263. The van der Waals surface area contributed by atoms with Crippen LogP contribution in [0.5, 0.6) is 11.5 Å². The lowest BCUT2D eigenvalue weighted by Crippen LogP contribution is -2.43. The Morgan fingerprint density at radius 1 is 1.08 bits per heavy atom. The lowest BCUT2D eigenvalue weighted by molar-refractivity contribution is 0.0943. The zero-order valence-corrected chi connectivity index (χ0v) is 16.1. The molecule has 7 heteroatoms. The minimum atomic E-state index is -0.337. The molecule has 0 aliphatic carbocycles. The lowest BCUT2D eigenvalue weighted by atomic mass is 10.1. The van der Waals surface area contributed by atoms with Gasteiger partial charge in [-0.1, -0.05) is 12.1 Å². The fourth-order valence-corrected chi connectivity index (χ4v) is 2.45. The lowest BCUT2D eigenvalue weighted by Gasteiger charge is -2.14. The Morgan fingerprint density at radius 2 is 1.85 bits per heavy atom. The zero-order valence-electron chi connectivity index (χ0n) is 15.3. The molecule has 0 bridgehead atoms. The van der Waals surface area contributed by atoms with E-state index in [1.807, 2.05) is 39.0 Å². The van der Waals surface area contributed by atoms with Gasteiger partial charge in [0.15, 0.2) is 16.6 Å². The number of methoxy groups -OCH3 is 1. The van der Waals surface area contributed by atoms with Crippen LogP contribution >= 0.6 is 12.2 Å². The SMILES string of the molecule is CCOc1ccc(C(=O)NNC(=S)Nc2cc(C)ccc2C)cc1OC. The van der Waals surface area contributed by atoms with Gasteiger partial charge in [-0.2, -0.15) is 0 Å². The quantitative estimate of drug-likeness (QED) is 0.552. The highest BCUT2D eigenvalue weighted by Crippen LogP contribution is 2.27. The molecule has 0 saturated carbocycles. The van der Waals surface area contributed by atoms with Gasteiger partial charge in [-0.25, -0.2) is 0 Å². The van der Waals surface area contributed by atoms with Crippen LogP contribution in [0.15, 0.2) is 36.4 Å². The summed E-state index contributed by atoms with van der Waals surface area (Å²) in [5.74, 6) is 0.749. The average Bonchev–Trinajstić information content (AvgIpc) is 2.63. The van der Waals surface area contributed by atoms with Crippen molar-refractivity contribution in [2.24, 2.45) is 0 Å². The predicted octanol–water partition coefficient (Wildman–Crippen LogP) is 3.34. The number of anilines is 1. The second-order valence-corrected chi connectivity index (χ2v) is 6.06. The van der Waals surface area contributed by atoms with Gasteiger partial charge >= 0.3 is 0 Å². The van der Waals surface area contributed by atoms with Crippen molar-refractivity contribution in [2.45, 2.75) is 20.8 Å². The van der Waals surface area contributed by atoms with E-state index in [1.165, 1.54) is 7.11 Å². The number of hydrazine groups is 1. The van der Waals surface area contributed by atoms with Gasteiger partial charge in [0.05, 0.1) is 13.7 Å². The second-order valence-electron chi connectivity index (χ2n) is 5.65. The molecule has 0 fully saturated rings. The smallest absolute Gasteiger partial charge is 0.269 e. The van der Waals surface area contributed by atoms with Crippen LogP contribution in [-0.4, -0.2) is 24.7 Å². The number of amides is 1. The van der Waals surface area contributed by atoms with Gasteiger partial charge in [-0.05, 0) is 68.4 Å². The molecule has 2 aromatic carbocycles. The van der Waals surface area contributed by atoms with E-state index in [-0.39, 0.29) is 5.91 Å². The Balaban J connectivity index is 1.97. The van der Waals surface area contributed by atoms with E-state index < -0.39 is 0 Å². The molecule has 26 heavy (non-hydrogen) atoms. The van der Waals surface area contributed by atoms with Crippen molar-refractivity contribution in [3.63, 3.8) is 0 Å². The Labute approximate surface area is 158 Å². The summed E-state index contributed by atoms with van der Waals surface area (Å²) in [5, 5.41) is 3.36. The first-order valence-electron chi connectivity index (χ1n) is 8.20. The monoisotopic (exact) mass is 373 g/mol. The van der Waals surface area contributed by atoms with Crippen molar-refractivity contribution < 1.29 is 14.3 Å². The van der Waals surface area contributed by atoms with E-state index in [2.05, 4.69) is 16.2 Å². The van der Waals surface area contributed by atoms with Crippen molar-refractivity contribution in [1.29, 1.82) is 0 Å². The highest BCUT2D eigenvalue weighted by atomic mass is 32.1. The van der Waals surface area contributed by atoms with Crippen molar-refractivity contribution in [2.75, 3.05) is 19.0 Å². The van der Waals surface area contributed by atoms with Crippen molar-refractivity contribution >= 4 is 28.9 Å². The minimum Gasteiger partial charge on any atom is -0.493 e.